The van der Waals surface area contributed by atoms with E-state index in [1.165, 1.54) is 50.0 Å². The molecule has 4 rings (SSSR count). The largest absolute Gasteiger partial charge is 0.478 e. The van der Waals surface area contributed by atoms with Gasteiger partial charge in [0.25, 0.3) is 0 Å². The van der Waals surface area contributed by atoms with Crippen LogP contribution in [0.4, 0.5) is 11.4 Å². The van der Waals surface area contributed by atoms with Gasteiger partial charge in [-0.3, -0.25) is 0 Å². The quantitative estimate of drug-likeness (QED) is 0.0589. The van der Waals surface area contributed by atoms with E-state index in [1.54, 1.807) is 24.3 Å². The molecule has 0 atom stereocenters. The zero-order valence-electron chi connectivity index (χ0n) is 25.9. The number of benzene rings is 2. The predicted molar refractivity (Wildman–Crippen MR) is 198 cm³/mol. The summed E-state index contributed by atoms with van der Waals surface area (Å²) in [7, 11) is -6.64. The van der Waals surface area contributed by atoms with Crippen LogP contribution < -0.4 is 20.1 Å². The Bertz CT molecular complexity index is 2000. The normalized spacial score (nSPS) is 10.7. The Morgan fingerprint density at radius 1 is 0.784 bits per heavy atom. The highest BCUT2D eigenvalue weighted by atomic mass is 35.5. The first-order valence-corrected chi connectivity index (χ1v) is 17.7. The first-order chi connectivity index (χ1) is 23.2. The van der Waals surface area contributed by atoms with E-state index in [9.17, 15) is 31.5 Å². The molecule has 2 heterocycles. The van der Waals surface area contributed by atoms with Crippen LogP contribution in [-0.4, -0.2) is 54.1 Å². The fraction of sp³-hybridized carbons (Fsp3) is 0.212. The summed E-state index contributed by atoms with van der Waals surface area (Å²) in [5.74, 6) is -0.754. The second-order valence-electron chi connectivity index (χ2n) is 9.60. The molecule has 278 valence electrons. The van der Waals surface area contributed by atoms with Crippen molar-refractivity contribution < 1.29 is 45.1 Å². The third-order valence-corrected chi connectivity index (χ3v) is 10.0. The average molecular weight is 788 g/mol. The molecule has 0 bridgehead atoms. The van der Waals surface area contributed by atoms with Crippen LogP contribution in [0.1, 0.15) is 47.1 Å². The number of hydrogen-bond acceptors (Lipinski definition) is 11. The summed E-state index contributed by atoms with van der Waals surface area (Å²) in [6.45, 7) is 7.41. The lowest BCUT2D eigenvalue weighted by molar-refractivity contribution is 0.0600. The number of carboxylic acids is 1. The molecule has 0 aliphatic carbocycles. The number of hydrogen-bond donors (Lipinski definition) is 5. The molecule has 51 heavy (non-hydrogen) atoms. The van der Waals surface area contributed by atoms with Gasteiger partial charge in [0.05, 0.1) is 65.3 Å². The molecule has 0 aliphatic rings. The molecule has 0 amide bonds. The molecule has 0 unspecified atom stereocenters. The van der Waals surface area contributed by atoms with Gasteiger partial charge in [-0.1, -0.05) is 50.2 Å². The number of nitrogens with one attached hydrogen (secondary N) is 4. The molecule has 18 heteroatoms. The number of rotatable bonds is 16. The van der Waals surface area contributed by atoms with Crippen molar-refractivity contribution >= 4 is 66.6 Å². The Morgan fingerprint density at radius 3 is 1.55 bits per heavy atom. The first kappa shape index (κ1) is 44.4. The van der Waals surface area contributed by atoms with Gasteiger partial charge in [0.1, 0.15) is 21.3 Å². The molecule has 0 spiro atoms. The number of furan rings is 2. The monoisotopic (exact) mass is 786 g/mol. The van der Waals surface area contributed by atoms with Crippen molar-refractivity contribution in [2.24, 2.45) is 0 Å². The molecular weight excluding hydrogens is 747 g/mol. The third kappa shape index (κ3) is 12.3. The number of methoxy groups -OCH3 is 1. The fourth-order valence-electron chi connectivity index (χ4n) is 3.95. The maximum atomic E-state index is 12.3. The number of halogens is 2. The summed E-state index contributed by atoms with van der Waals surface area (Å²) >= 11 is 12.1. The van der Waals surface area contributed by atoms with E-state index in [-0.39, 0.29) is 77.7 Å². The van der Waals surface area contributed by atoms with Crippen molar-refractivity contribution in [3.8, 4) is 0 Å². The third-order valence-electron chi connectivity index (χ3n) is 6.26. The van der Waals surface area contributed by atoms with Crippen LogP contribution in [-0.2, 0) is 37.9 Å². The summed E-state index contributed by atoms with van der Waals surface area (Å²) < 4.78 is 68.6. The minimum atomic E-state index is -3.95. The number of aromatic carboxylic acids is 1. The SMILES string of the molecule is C.C.C=CCNS(=O)(=O)c1cc(C(=O)O)c(NCc2ccco2)cc1Cl.C=CCNS(=O)(=O)c1cc(C(=O)OC)c(NCc2ccco2)cc1Cl. The smallest absolute Gasteiger partial charge is 0.340 e. The Labute approximate surface area is 307 Å². The molecule has 0 radical (unpaired) electrons. The molecule has 0 saturated carbocycles. The van der Waals surface area contributed by atoms with Gasteiger partial charge in [-0.05, 0) is 48.5 Å². The minimum absolute atomic E-state index is 0. The number of sulfonamides is 2. The predicted octanol–water partition coefficient (Wildman–Crippen LogP) is 6.78. The number of anilines is 2. The van der Waals surface area contributed by atoms with Crippen molar-refractivity contribution in [2.75, 3.05) is 30.8 Å². The number of carbonyl (C=O) groups excluding carboxylic acids is 1. The lowest BCUT2D eigenvalue weighted by atomic mass is 10.1. The zero-order valence-corrected chi connectivity index (χ0v) is 29.0. The van der Waals surface area contributed by atoms with Crippen LogP contribution in [0.15, 0.2) is 105 Å². The van der Waals surface area contributed by atoms with Gasteiger partial charge < -0.3 is 29.3 Å². The van der Waals surface area contributed by atoms with Gasteiger partial charge >= 0.3 is 11.9 Å². The number of carbonyl (C=O) groups is 2. The Kier molecular flexibility index (Phi) is 17.7. The maximum Gasteiger partial charge on any atom is 0.340 e. The van der Waals surface area contributed by atoms with Gasteiger partial charge in [0.15, 0.2) is 0 Å². The van der Waals surface area contributed by atoms with Crippen molar-refractivity contribution in [2.45, 2.75) is 37.7 Å². The Hall–Kier alpha value is -4.58. The molecule has 2 aromatic heterocycles. The second-order valence-corrected chi connectivity index (χ2v) is 13.9. The van der Waals surface area contributed by atoms with Crippen molar-refractivity contribution in [1.82, 2.24) is 9.44 Å². The van der Waals surface area contributed by atoms with Crippen LogP contribution in [0.2, 0.25) is 10.0 Å². The van der Waals surface area contributed by atoms with E-state index in [4.69, 9.17) is 36.8 Å². The lowest BCUT2D eigenvalue weighted by Crippen LogP contribution is -2.24. The molecule has 0 aliphatic heterocycles. The summed E-state index contributed by atoms with van der Waals surface area (Å²) in [6, 6.07) is 11.7. The first-order valence-electron chi connectivity index (χ1n) is 14.0. The van der Waals surface area contributed by atoms with Crippen molar-refractivity contribution in [3.63, 3.8) is 0 Å². The van der Waals surface area contributed by atoms with Gasteiger partial charge in [0, 0.05) is 13.1 Å². The molecule has 4 aromatic rings. The number of carboxylic acid groups (broad SMARTS) is 1. The van der Waals surface area contributed by atoms with Gasteiger partial charge in [-0.25, -0.2) is 35.9 Å². The van der Waals surface area contributed by atoms with E-state index >= 15 is 0 Å². The number of esters is 1. The topological polar surface area (TPSA) is 206 Å². The average Bonchev–Trinajstić information content (AvgIpc) is 3.79. The Morgan fingerprint density at radius 2 is 1.20 bits per heavy atom. The van der Waals surface area contributed by atoms with Crippen LogP contribution in [0.3, 0.4) is 0 Å². The highest BCUT2D eigenvalue weighted by Crippen LogP contribution is 2.31. The molecule has 5 N–H and O–H groups in total. The fourth-order valence-corrected chi connectivity index (χ4v) is 7.05. The summed E-state index contributed by atoms with van der Waals surface area (Å²) in [5, 5.41) is 15.1. The van der Waals surface area contributed by atoms with E-state index in [1.807, 2.05) is 0 Å². The van der Waals surface area contributed by atoms with Gasteiger partial charge in [0.2, 0.25) is 20.0 Å². The molecule has 14 nitrogen and oxygen atoms in total. The highest BCUT2D eigenvalue weighted by molar-refractivity contribution is 7.90. The summed E-state index contributed by atoms with van der Waals surface area (Å²) in [4.78, 5) is 23.0. The zero-order chi connectivity index (χ0) is 36.2. The Balaban J connectivity index is 0.000000491. The van der Waals surface area contributed by atoms with Crippen LogP contribution in [0.25, 0.3) is 0 Å². The van der Waals surface area contributed by atoms with Crippen molar-refractivity contribution in [1.29, 1.82) is 0 Å². The van der Waals surface area contributed by atoms with Crippen LogP contribution in [0, 0.1) is 0 Å². The highest BCUT2D eigenvalue weighted by Gasteiger charge is 2.24. The number of ether oxygens (including phenoxy) is 1. The van der Waals surface area contributed by atoms with E-state index in [2.05, 4.69) is 33.2 Å². The van der Waals surface area contributed by atoms with Crippen molar-refractivity contribution in [3.05, 3.63) is 119 Å². The van der Waals surface area contributed by atoms with Crippen LogP contribution >= 0.6 is 23.2 Å². The molecular formula is C33H40Cl2N4O10S2. The standard InChI is InChI=1S/C16H17ClN2O5S.C15H15ClN2O5S.2CH4/c1-3-6-19-25(21,22)15-8-12(16(20)23-2)14(9-13(15)17)18-10-11-5-4-7-24-11;1-2-5-18-24(21,22)14-7-11(15(19)20)13(8-12(14)16)17-9-10-4-3-6-23-10;;/h3-5,7-9,18-19H,1,6,10H2,2H3;2-4,6-8,17-18H,1,5,9H2,(H,19,20);2*1H4. The summed E-state index contributed by atoms with van der Waals surface area (Å²) in [6.07, 6.45) is 5.77. The molecule has 0 saturated heterocycles. The van der Waals surface area contributed by atoms with E-state index in [0.717, 1.165) is 6.07 Å². The van der Waals surface area contributed by atoms with E-state index < -0.39 is 32.0 Å². The van der Waals surface area contributed by atoms with Crippen LogP contribution in [0.5, 0.6) is 0 Å². The molecule has 2 aromatic carbocycles. The van der Waals surface area contributed by atoms with E-state index in [0.29, 0.717) is 17.2 Å². The van der Waals surface area contributed by atoms with Gasteiger partial charge in [-0.2, -0.15) is 0 Å². The lowest BCUT2D eigenvalue weighted by Gasteiger charge is -2.14. The second kappa shape index (κ2) is 20.3. The van der Waals surface area contributed by atoms with Gasteiger partial charge in [-0.15, -0.1) is 13.2 Å². The molecule has 0 fully saturated rings. The maximum absolute atomic E-state index is 12.3. The minimum Gasteiger partial charge on any atom is -0.478 e. The summed E-state index contributed by atoms with van der Waals surface area (Å²) in [5.41, 5.74) is 0.338.